The van der Waals surface area contributed by atoms with Crippen LogP contribution in [0, 0.1) is 0 Å². The molecule has 4 N–H and O–H groups in total. The number of pyridine rings is 1. The van der Waals surface area contributed by atoms with Crippen molar-refractivity contribution in [2.24, 2.45) is 5.73 Å². The molecule has 1 aliphatic carbocycles. The Balaban J connectivity index is 2.05. The zero-order valence-electron chi connectivity index (χ0n) is 11.4. The number of anilines is 1. The molecule has 2 aromatic rings. The van der Waals surface area contributed by atoms with Gasteiger partial charge in [-0.1, -0.05) is 0 Å². The predicted molar refractivity (Wildman–Crippen MR) is 82.2 cm³/mol. The monoisotopic (exact) mass is 301 g/mol. The molecule has 2 aliphatic rings. The maximum Gasteiger partial charge on any atom is 0.260 e. The summed E-state index contributed by atoms with van der Waals surface area (Å²) in [6.07, 6.45) is 7.62. The number of nitrogens with two attached hydrogens (primary N) is 2. The van der Waals surface area contributed by atoms with E-state index in [0.29, 0.717) is 10.6 Å². The molecule has 6 heteroatoms. The Hall–Kier alpha value is -2.08. The van der Waals surface area contributed by atoms with Crippen LogP contribution in [0.25, 0.3) is 10.2 Å². The molecular formula is C15H15N3O2S. The number of aromatic nitrogens is 1. The molecule has 0 spiro atoms. The van der Waals surface area contributed by atoms with Crippen LogP contribution in [0.3, 0.4) is 0 Å². The Morgan fingerprint density at radius 1 is 1.43 bits per heavy atom. The first kappa shape index (κ1) is 12.6. The van der Waals surface area contributed by atoms with Crippen molar-refractivity contribution in [2.75, 3.05) is 5.73 Å². The SMILES string of the molecule is NC(=O)c1sc2nc3c(c(C4CC=CO4)c2c1N)CCC3. The summed E-state index contributed by atoms with van der Waals surface area (Å²) in [7, 11) is 0. The molecule has 21 heavy (non-hydrogen) atoms. The van der Waals surface area contributed by atoms with Crippen molar-refractivity contribution in [2.45, 2.75) is 31.8 Å². The third-order valence-corrected chi connectivity index (χ3v) is 5.30. The van der Waals surface area contributed by atoms with Gasteiger partial charge in [-0.25, -0.2) is 4.98 Å². The molecule has 0 saturated carbocycles. The summed E-state index contributed by atoms with van der Waals surface area (Å²) in [5.74, 6) is -0.493. The number of fused-ring (bicyclic) bond motifs is 2. The molecular weight excluding hydrogens is 286 g/mol. The van der Waals surface area contributed by atoms with Gasteiger partial charge < -0.3 is 16.2 Å². The van der Waals surface area contributed by atoms with Gasteiger partial charge in [0.25, 0.3) is 5.91 Å². The number of nitrogen functional groups attached to an aromatic ring is 1. The van der Waals surface area contributed by atoms with Crippen molar-refractivity contribution in [1.29, 1.82) is 0 Å². The minimum atomic E-state index is -0.493. The fourth-order valence-electron chi connectivity index (χ4n) is 3.29. The van der Waals surface area contributed by atoms with E-state index in [1.165, 1.54) is 16.9 Å². The van der Waals surface area contributed by atoms with Gasteiger partial charge in [-0.2, -0.15) is 0 Å². The van der Waals surface area contributed by atoms with Gasteiger partial charge in [0.05, 0.1) is 11.9 Å². The summed E-state index contributed by atoms with van der Waals surface area (Å²) in [5.41, 5.74) is 15.5. The summed E-state index contributed by atoms with van der Waals surface area (Å²) in [5, 5.41) is 0.864. The second kappa shape index (κ2) is 4.46. The normalized spacial score (nSPS) is 19.9. The second-order valence-electron chi connectivity index (χ2n) is 5.43. The molecule has 1 aliphatic heterocycles. The summed E-state index contributed by atoms with van der Waals surface area (Å²) < 4.78 is 5.72. The summed E-state index contributed by atoms with van der Waals surface area (Å²) in [4.78, 5) is 17.5. The fourth-order valence-corrected chi connectivity index (χ4v) is 4.28. The topological polar surface area (TPSA) is 91.2 Å². The van der Waals surface area contributed by atoms with E-state index in [9.17, 15) is 4.79 Å². The van der Waals surface area contributed by atoms with Crippen molar-refractivity contribution >= 4 is 33.1 Å². The van der Waals surface area contributed by atoms with Crippen LogP contribution in [0.2, 0.25) is 0 Å². The maximum absolute atomic E-state index is 11.6. The van der Waals surface area contributed by atoms with E-state index in [4.69, 9.17) is 21.2 Å². The first-order valence-electron chi connectivity index (χ1n) is 7.00. The van der Waals surface area contributed by atoms with Crippen LogP contribution in [0.1, 0.15) is 45.4 Å². The highest BCUT2D eigenvalue weighted by molar-refractivity contribution is 7.21. The van der Waals surface area contributed by atoms with Crippen molar-refractivity contribution in [3.63, 3.8) is 0 Å². The Morgan fingerprint density at radius 3 is 3.00 bits per heavy atom. The lowest BCUT2D eigenvalue weighted by molar-refractivity contribution is 0.100. The number of carbonyl (C=O) groups excluding carboxylic acids is 1. The molecule has 3 heterocycles. The fraction of sp³-hybridized carbons (Fsp3) is 0.333. The van der Waals surface area contributed by atoms with Crippen LogP contribution < -0.4 is 11.5 Å². The number of nitrogens with zero attached hydrogens (tertiary/aromatic N) is 1. The lowest BCUT2D eigenvalue weighted by Crippen LogP contribution is -2.11. The Labute approximate surface area is 125 Å². The van der Waals surface area contributed by atoms with Gasteiger partial charge in [-0.3, -0.25) is 4.79 Å². The van der Waals surface area contributed by atoms with Gasteiger partial charge >= 0.3 is 0 Å². The first-order chi connectivity index (χ1) is 10.2. The van der Waals surface area contributed by atoms with Gasteiger partial charge in [0.1, 0.15) is 15.8 Å². The number of rotatable bonds is 2. The van der Waals surface area contributed by atoms with Crippen molar-refractivity contribution in [1.82, 2.24) is 4.98 Å². The number of hydrogen-bond donors (Lipinski definition) is 2. The number of amides is 1. The van der Waals surface area contributed by atoms with Gasteiger partial charge in [0.2, 0.25) is 0 Å². The molecule has 0 radical (unpaired) electrons. The van der Waals surface area contributed by atoms with Gasteiger partial charge in [-0.15, -0.1) is 11.3 Å². The molecule has 1 amide bonds. The number of primary amides is 1. The molecule has 0 aromatic carbocycles. The molecule has 0 fully saturated rings. The number of thiophene rings is 1. The molecule has 108 valence electrons. The van der Waals surface area contributed by atoms with Gasteiger partial charge in [0.15, 0.2) is 0 Å². The standard InChI is InChI=1S/C15H15N3O2S/c16-12-11-10(9-5-2-6-20-9)7-3-1-4-8(7)18-15(11)21-13(12)14(17)19/h2,6,9H,1,3-5,16H2,(H2,17,19). The zero-order chi connectivity index (χ0) is 14.6. The number of ether oxygens (including phenoxy) is 1. The molecule has 0 bridgehead atoms. The van der Waals surface area contributed by atoms with Crippen molar-refractivity contribution < 1.29 is 9.53 Å². The van der Waals surface area contributed by atoms with Crippen molar-refractivity contribution in [3.05, 3.63) is 34.0 Å². The van der Waals surface area contributed by atoms with Gasteiger partial charge in [-0.05, 0) is 30.9 Å². The predicted octanol–water partition coefficient (Wildman–Crippen LogP) is 2.44. The van der Waals surface area contributed by atoms with Crippen molar-refractivity contribution in [3.8, 4) is 0 Å². The zero-order valence-corrected chi connectivity index (χ0v) is 12.2. The molecule has 2 aromatic heterocycles. The Bertz CT molecular complexity index is 786. The smallest absolute Gasteiger partial charge is 0.260 e. The second-order valence-corrected chi connectivity index (χ2v) is 6.42. The first-order valence-corrected chi connectivity index (χ1v) is 7.82. The van der Waals surface area contributed by atoms with E-state index in [0.717, 1.165) is 47.2 Å². The van der Waals surface area contributed by atoms with E-state index in [1.807, 2.05) is 6.08 Å². The average Bonchev–Trinajstić information content (AvgIpc) is 3.16. The summed E-state index contributed by atoms with van der Waals surface area (Å²) in [6, 6.07) is 0. The molecule has 5 nitrogen and oxygen atoms in total. The highest BCUT2D eigenvalue weighted by Crippen LogP contribution is 2.44. The number of carbonyl (C=O) groups is 1. The van der Waals surface area contributed by atoms with Crippen LogP contribution in [0.5, 0.6) is 0 Å². The van der Waals surface area contributed by atoms with E-state index in [1.54, 1.807) is 6.26 Å². The number of aryl methyl sites for hydroxylation is 1. The van der Waals surface area contributed by atoms with Crippen LogP contribution in [-0.2, 0) is 17.6 Å². The lowest BCUT2D eigenvalue weighted by Gasteiger charge is -2.17. The average molecular weight is 301 g/mol. The molecule has 0 saturated heterocycles. The molecule has 1 unspecified atom stereocenters. The van der Waals surface area contributed by atoms with Crippen LogP contribution in [0.15, 0.2) is 12.3 Å². The van der Waals surface area contributed by atoms with Crippen LogP contribution >= 0.6 is 11.3 Å². The summed E-state index contributed by atoms with van der Waals surface area (Å²) in [6.45, 7) is 0. The maximum atomic E-state index is 11.6. The van der Waals surface area contributed by atoms with E-state index in [-0.39, 0.29) is 6.10 Å². The number of hydrogen-bond acceptors (Lipinski definition) is 5. The minimum absolute atomic E-state index is 0.0278. The minimum Gasteiger partial charge on any atom is -0.493 e. The largest absolute Gasteiger partial charge is 0.493 e. The van der Waals surface area contributed by atoms with E-state index >= 15 is 0 Å². The van der Waals surface area contributed by atoms with E-state index in [2.05, 4.69) is 0 Å². The highest BCUT2D eigenvalue weighted by Gasteiger charge is 2.30. The molecule has 1 atom stereocenters. The third-order valence-electron chi connectivity index (χ3n) is 4.18. The Morgan fingerprint density at radius 2 is 2.29 bits per heavy atom. The van der Waals surface area contributed by atoms with E-state index < -0.39 is 5.91 Å². The Kier molecular flexibility index (Phi) is 2.68. The van der Waals surface area contributed by atoms with Crippen LogP contribution in [0.4, 0.5) is 5.69 Å². The molecule has 4 rings (SSSR count). The summed E-state index contributed by atoms with van der Waals surface area (Å²) >= 11 is 1.28. The van der Waals surface area contributed by atoms with Crippen LogP contribution in [-0.4, -0.2) is 10.9 Å². The quantitative estimate of drug-likeness (QED) is 0.891. The highest BCUT2D eigenvalue weighted by atomic mass is 32.1. The third kappa shape index (κ3) is 1.75. The lowest BCUT2D eigenvalue weighted by atomic mass is 9.96. The van der Waals surface area contributed by atoms with Gasteiger partial charge in [0, 0.05) is 23.1 Å².